The summed E-state index contributed by atoms with van der Waals surface area (Å²) in [7, 11) is 1.35. The van der Waals surface area contributed by atoms with Crippen LogP contribution < -0.4 is 24.8 Å². The molecule has 0 saturated heterocycles. The Labute approximate surface area is 245 Å². The lowest BCUT2D eigenvalue weighted by Crippen LogP contribution is -2.15. The molecule has 2 amide bonds. The van der Waals surface area contributed by atoms with Crippen LogP contribution in [0.4, 0.5) is 20.6 Å². The lowest BCUT2D eigenvalue weighted by molar-refractivity contribution is 0.102. The summed E-state index contributed by atoms with van der Waals surface area (Å²) in [5.41, 5.74) is 3.50. The second-order valence-electron chi connectivity index (χ2n) is 9.20. The predicted molar refractivity (Wildman–Crippen MR) is 157 cm³/mol. The number of aromatic nitrogens is 3. The van der Waals surface area contributed by atoms with E-state index in [1.54, 1.807) is 54.6 Å². The number of carbonyl (C=O) groups excluding carboxylic acids is 1. The topological polar surface area (TPSA) is 145 Å². The Kier molecular flexibility index (Phi) is 8.56. The van der Waals surface area contributed by atoms with Crippen molar-refractivity contribution in [3.8, 4) is 28.5 Å². The molecule has 0 radical (unpaired) electrons. The maximum atomic E-state index is 14.4. The monoisotopic (exact) mass is 583 g/mol. The fraction of sp³-hybridized carbons (Fsp3) is 0.129. The number of aryl methyl sites for hydroxylation is 1. The fourth-order valence-electron chi connectivity index (χ4n) is 4.29. The molecule has 0 saturated carbocycles. The molecule has 0 fully saturated rings. The van der Waals surface area contributed by atoms with Crippen molar-refractivity contribution in [2.45, 2.75) is 6.92 Å². The number of carboxylic acid groups (broad SMARTS) is 1. The number of fused-ring (bicyclic) bond motifs is 1. The third-order valence-electron chi connectivity index (χ3n) is 6.38. The molecule has 43 heavy (non-hydrogen) atoms. The van der Waals surface area contributed by atoms with Crippen LogP contribution in [-0.2, 0) is 0 Å². The second kappa shape index (κ2) is 12.8. The van der Waals surface area contributed by atoms with Crippen LogP contribution in [0.5, 0.6) is 17.4 Å². The molecule has 3 aromatic carbocycles. The number of ether oxygens (including phenoxy) is 3. The first kappa shape index (κ1) is 28.7. The summed E-state index contributed by atoms with van der Waals surface area (Å²) in [6.07, 6.45) is 1.74. The number of carbonyl (C=O) groups is 2. The largest absolute Gasteiger partial charge is 0.490 e. The molecule has 5 aromatic rings. The Hall–Kier alpha value is -5.78. The van der Waals surface area contributed by atoms with E-state index in [0.29, 0.717) is 39.4 Å². The molecule has 0 aliphatic carbocycles. The highest BCUT2D eigenvalue weighted by Crippen LogP contribution is 2.33. The van der Waals surface area contributed by atoms with Crippen molar-refractivity contribution in [2.24, 2.45) is 0 Å². The van der Waals surface area contributed by atoms with Gasteiger partial charge in [0.05, 0.1) is 18.5 Å². The number of amides is 2. The minimum Gasteiger partial charge on any atom is -0.490 e. The van der Waals surface area contributed by atoms with Gasteiger partial charge in [0.1, 0.15) is 36.6 Å². The molecule has 0 unspecified atom stereocenters. The van der Waals surface area contributed by atoms with Gasteiger partial charge >= 0.3 is 6.09 Å². The first-order valence-corrected chi connectivity index (χ1v) is 13.0. The maximum Gasteiger partial charge on any atom is 0.409 e. The minimum absolute atomic E-state index is 0.0929. The van der Waals surface area contributed by atoms with E-state index in [-0.39, 0.29) is 24.8 Å². The Balaban J connectivity index is 1.23. The number of rotatable bonds is 10. The Morgan fingerprint density at radius 2 is 1.60 bits per heavy atom. The highest BCUT2D eigenvalue weighted by Gasteiger charge is 2.14. The number of halogens is 1. The zero-order valence-electron chi connectivity index (χ0n) is 23.1. The number of benzene rings is 3. The molecule has 0 aliphatic heterocycles. The van der Waals surface area contributed by atoms with Crippen LogP contribution in [-0.4, -0.2) is 52.4 Å². The van der Waals surface area contributed by atoms with Crippen molar-refractivity contribution < 1.29 is 33.3 Å². The molecule has 2 heterocycles. The SMILES string of the molecule is COc1ncc(-c2cc(OCCOc3ccc(C(=O)Nc4ccccc4NC(=O)O)cc3)c3ncnc(C)c3c2)cc1F. The number of pyridine rings is 1. The minimum atomic E-state index is -1.23. The first-order chi connectivity index (χ1) is 20.8. The number of anilines is 2. The van der Waals surface area contributed by atoms with Gasteiger partial charge in [-0.1, -0.05) is 12.1 Å². The van der Waals surface area contributed by atoms with Gasteiger partial charge in [-0.25, -0.2) is 24.1 Å². The molecule has 3 N–H and O–H groups in total. The standard InChI is InChI=1S/C31H26FN5O6/c1-18-23-13-20(21-14-24(32)30(41-2)33-16-21)15-27(28(23)35-17-34-18)43-12-11-42-22-9-7-19(8-10-22)29(38)36-25-5-3-4-6-26(25)37-31(39)40/h3-10,13-17,37H,11-12H2,1-2H3,(H,36,38)(H,39,40). The zero-order chi connectivity index (χ0) is 30.3. The van der Waals surface area contributed by atoms with E-state index in [1.165, 1.54) is 25.7 Å². The maximum absolute atomic E-state index is 14.4. The summed E-state index contributed by atoms with van der Waals surface area (Å²) < 4.78 is 31.1. The molecule has 0 bridgehead atoms. The van der Waals surface area contributed by atoms with Gasteiger partial charge in [-0.3, -0.25) is 10.1 Å². The number of para-hydroxylation sites is 2. The van der Waals surface area contributed by atoms with E-state index in [9.17, 15) is 14.0 Å². The molecule has 12 heteroatoms. The fourth-order valence-corrected chi connectivity index (χ4v) is 4.29. The van der Waals surface area contributed by atoms with Gasteiger partial charge in [-0.15, -0.1) is 0 Å². The van der Waals surface area contributed by atoms with Gasteiger partial charge in [0.15, 0.2) is 5.82 Å². The lowest BCUT2D eigenvalue weighted by Gasteiger charge is -2.13. The molecule has 2 aromatic heterocycles. The van der Waals surface area contributed by atoms with E-state index >= 15 is 0 Å². The Bertz CT molecular complexity index is 1800. The van der Waals surface area contributed by atoms with Crippen molar-refractivity contribution in [1.82, 2.24) is 15.0 Å². The number of hydrogen-bond acceptors (Lipinski definition) is 8. The molecular weight excluding hydrogens is 557 g/mol. The molecule has 0 atom stereocenters. The third kappa shape index (κ3) is 6.76. The summed E-state index contributed by atoms with van der Waals surface area (Å²) in [5.74, 6) is -0.0945. The quantitative estimate of drug-likeness (QED) is 0.170. The summed E-state index contributed by atoms with van der Waals surface area (Å²) in [6, 6.07) is 17.9. The summed E-state index contributed by atoms with van der Waals surface area (Å²) >= 11 is 0. The van der Waals surface area contributed by atoms with Crippen LogP contribution in [0.3, 0.4) is 0 Å². The van der Waals surface area contributed by atoms with Crippen molar-refractivity contribution in [3.63, 3.8) is 0 Å². The van der Waals surface area contributed by atoms with Crippen molar-refractivity contribution >= 4 is 34.3 Å². The summed E-state index contributed by atoms with van der Waals surface area (Å²) in [4.78, 5) is 36.4. The molecule has 0 aliphatic rings. The third-order valence-corrected chi connectivity index (χ3v) is 6.38. The van der Waals surface area contributed by atoms with Crippen LogP contribution in [0, 0.1) is 12.7 Å². The van der Waals surface area contributed by atoms with E-state index in [1.807, 2.05) is 13.0 Å². The molecule has 218 valence electrons. The van der Waals surface area contributed by atoms with E-state index in [4.69, 9.17) is 19.3 Å². The average molecular weight is 584 g/mol. The van der Waals surface area contributed by atoms with Gasteiger partial charge in [0, 0.05) is 28.4 Å². The van der Waals surface area contributed by atoms with Gasteiger partial charge in [-0.2, -0.15) is 0 Å². The zero-order valence-corrected chi connectivity index (χ0v) is 23.1. The van der Waals surface area contributed by atoms with Gasteiger partial charge < -0.3 is 24.6 Å². The van der Waals surface area contributed by atoms with Crippen molar-refractivity contribution in [2.75, 3.05) is 31.0 Å². The normalized spacial score (nSPS) is 10.7. The van der Waals surface area contributed by atoms with E-state index in [0.717, 1.165) is 11.1 Å². The number of nitrogens with one attached hydrogen (secondary N) is 2. The Morgan fingerprint density at radius 3 is 2.30 bits per heavy atom. The number of methoxy groups -OCH3 is 1. The predicted octanol–water partition coefficient (Wildman–Crippen LogP) is 5.95. The summed E-state index contributed by atoms with van der Waals surface area (Å²) in [6.45, 7) is 2.21. The van der Waals surface area contributed by atoms with Crippen molar-refractivity contribution in [1.29, 1.82) is 0 Å². The first-order valence-electron chi connectivity index (χ1n) is 13.0. The molecule has 5 rings (SSSR count). The number of nitrogens with zero attached hydrogens (tertiary/aromatic N) is 3. The molecular formula is C31H26FN5O6. The van der Waals surface area contributed by atoms with Crippen LogP contribution in [0.2, 0.25) is 0 Å². The highest BCUT2D eigenvalue weighted by atomic mass is 19.1. The summed E-state index contributed by atoms with van der Waals surface area (Å²) in [5, 5.41) is 14.7. The van der Waals surface area contributed by atoms with Gasteiger partial charge in [0.2, 0.25) is 5.88 Å². The van der Waals surface area contributed by atoms with Crippen LogP contribution in [0.25, 0.3) is 22.0 Å². The van der Waals surface area contributed by atoms with Gasteiger partial charge in [-0.05, 0) is 67.1 Å². The average Bonchev–Trinajstić information content (AvgIpc) is 3.00. The molecule has 11 nitrogen and oxygen atoms in total. The smallest absolute Gasteiger partial charge is 0.409 e. The second-order valence-corrected chi connectivity index (χ2v) is 9.20. The lowest BCUT2D eigenvalue weighted by atomic mass is 10.0. The van der Waals surface area contributed by atoms with Gasteiger partial charge in [0.25, 0.3) is 5.91 Å². The van der Waals surface area contributed by atoms with Crippen LogP contribution in [0.15, 0.2) is 79.3 Å². The van der Waals surface area contributed by atoms with Crippen LogP contribution >= 0.6 is 0 Å². The highest BCUT2D eigenvalue weighted by molar-refractivity contribution is 6.06. The molecule has 0 spiro atoms. The number of hydrogen-bond donors (Lipinski definition) is 3. The Morgan fingerprint density at radius 1 is 0.884 bits per heavy atom. The van der Waals surface area contributed by atoms with E-state index < -0.39 is 17.8 Å². The van der Waals surface area contributed by atoms with Crippen LogP contribution in [0.1, 0.15) is 16.1 Å². The van der Waals surface area contributed by atoms with Crippen molar-refractivity contribution in [3.05, 3.63) is 96.3 Å². The van der Waals surface area contributed by atoms with E-state index in [2.05, 4.69) is 25.6 Å².